The first-order valence-corrected chi connectivity index (χ1v) is 9.12. The Morgan fingerprint density at radius 3 is 1.57 bits per heavy atom. The summed E-state index contributed by atoms with van der Waals surface area (Å²) in [6, 6.07) is 0. The van der Waals surface area contributed by atoms with Gasteiger partial charge in [-0.15, -0.1) is 0 Å². The van der Waals surface area contributed by atoms with E-state index in [0.717, 1.165) is 12.8 Å². The Hall–Kier alpha value is -0.410. The van der Waals surface area contributed by atoms with Gasteiger partial charge in [0.1, 0.15) is 12.0 Å². The number of Topliss-reactive ketones (excluding diaryl/α,β-unsaturated/α-hetero) is 1. The van der Waals surface area contributed by atoms with Crippen molar-refractivity contribution in [3.05, 3.63) is 0 Å². The van der Waals surface area contributed by atoms with Crippen LogP contribution >= 0.6 is 0 Å². The highest BCUT2D eigenvalue weighted by molar-refractivity contribution is 5.78. The second-order valence-corrected chi connectivity index (χ2v) is 6.30. The second-order valence-electron chi connectivity index (χ2n) is 6.30. The van der Waals surface area contributed by atoms with Crippen molar-refractivity contribution in [2.24, 2.45) is 5.73 Å². The van der Waals surface area contributed by atoms with Gasteiger partial charge in [0.25, 0.3) is 0 Å². The Balaban J connectivity index is 3.07. The van der Waals surface area contributed by atoms with Crippen LogP contribution in [-0.2, 0) is 4.79 Å². The van der Waals surface area contributed by atoms with Crippen LogP contribution in [0, 0.1) is 0 Å². The summed E-state index contributed by atoms with van der Waals surface area (Å²) in [4.78, 5) is 11.3. The zero-order chi connectivity index (χ0) is 15.8. The minimum atomic E-state index is -0.973. The lowest BCUT2D eigenvalue weighted by molar-refractivity contribution is -0.120. The van der Waals surface area contributed by atoms with E-state index in [1.54, 1.807) is 0 Å². The van der Waals surface area contributed by atoms with Crippen LogP contribution in [0.3, 0.4) is 0 Å². The molecule has 21 heavy (non-hydrogen) atoms. The van der Waals surface area contributed by atoms with E-state index in [1.165, 1.54) is 70.6 Å². The molecule has 0 aliphatic heterocycles. The summed E-state index contributed by atoms with van der Waals surface area (Å²) in [7, 11) is 0. The maximum Gasteiger partial charge on any atom is 0.136 e. The largest absolute Gasteiger partial charge is 0.378 e. The van der Waals surface area contributed by atoms with Crippen molar-refractivity contribution >= 4 is 5.78 Å². The van der Waals surface area contributed by atoms with Crippen LogP contribution in [0.5, 0.6) is 0 Å². The highest BCUT2D eigenvalue weighted by Crippen LogP contribution is 2.13. The van der Waals surface area contributed by atoms with E-state index < -0.39 is 6.23 Å². The normalized spacial score (nSPS) is 12.5. The van der Waals surface area contributed by atoms with E-state index in [0.29, 0.717) is 6.42 Å². The standard InChI is InChI=1S/C18H37NO2/c1-2-3-4-5-6-7-8-9-10-11-12-13-14-15-17(20)16-18(19)21/h18,21H,2-16,19H2,1H3. The van der Waals surface area contributed by atoms with E-state index in [1.807, 2.05) is 0 Å². The smallest absolute Gasteiger partial charge is 0.136 e. The quantitative estimate of drug-likeness (QED) is 0.320. The zero-order valence-electron chi connectivity index (χ0n) is 14.1. The van der Waals surface area contributed by atoms with Crippen molar-refractivity contribution < 1.29 is 9.90 Å². The number of aliphatic hydroxyl groups is 1. The van der Waals surface area contributed by atoms with Gasteiger partial charge in [0, 0.05) is 12.8 Å². The van der Waals surface area contributed by atoms with Crippen LogP contribution in [0.15, 0.2) is 0 Å². The number of rotatable bonds is 16. The molecule has 0 aromatic carbocycles. The number of unbranched alkanes of at least 4 members (excludes halogenated alkanes) is 12. The summed E-state index contributed by atoms with van der Waals surface area (Å²) < 4.78 is 0. The molecule has 0 aromatic heterocycles. The fourth-order valence-corrected chi connectivity index (χ4v) is 2.68. The maximum atomic E-state index is 11.3. The van der Waals surface area contributed by atoms with E-state index in [9.17, 15) is 4.79 Å². The molecule has 0 aromatic rings. The van der Waals surface area contributed by atoms with Crippen molar-refractivity contribution in [3.8, 4) is 0 Å². The average molecular weight is 299 g/mol. The molecule has 3 nitrogen and oxygen atoms in total. The van der Waals surface area contributed by atoms with Crippen molar-refractivity contribution in [2.75, 3.05) is 0 Å². The lowest BCUT2D eigenvalue weighted by Gasteiger charge is -2.04. The third-order valence-electron chi connectivity index (χ3n) is 4.00. The summed E-state index contributed by atoms with van der Waals surface area (Å²) in [5.74, 6) is 0.0908. The molecular weight excluding hydrogens is 262 g/mol. The zero-order valence-corrected chi connectivity index (χ0v) is 14.1. The van der Waals surface area contributed by atoms with Crippen molar-refractivity contribution in [2.45, 2.75) is 109 Å². The summed E-state index contributed by atoms with van der Waals surface area (Å²) in [6.07, 6.45) is 16.8. The Morgan fingerprint density at radius 1 is 0.810 bits per heavy atom. The first-order chi connectivity index (χ1) is 10.2. The molecule has 0 saturated carbocycles. The van der Waals surface area contributed by atoms with Crippen LogP contribution in [0.4, 0.5) is 0 Å². The molecule has 1 atom stereocenters. The first-order valence-electron chi connectivity index (χ1n) is 9.12. The van der Waals surface area contributed by atoms with Crippen LogP contribution in [0.25, 0.3) is 0 Å². The lowest BCUT2D eigenvalue weighted by Crippen LogP contribution is -2.22. The Kier molecular flexibility index (Phi) is 15.7. The SMILES string of the molecule is CCCCCCCCCCCCCCCC(=O)CC(N)O. The molecule has 0 heterocycles. The predicted octanol–water partition coefficient (Wildman–Crippen LogP) is 4.70. The van der Waals surface area contributed by atoms with Gasteiger partial charge in [0.2, 0.25) is 0 Å². The number of hydrogen-bond acceptors (Lipinski definition) is 3. The average Bonchev–Trinajstić information content (AvgIpc) is 2.43. The molecule has 0 rings (SSSR count). The molecular formula is C18H37NO2. The van der Waals surface area contributed by atoms with Crippen LogP contribution in [0.2, 0.25) is 0 Å². The monoisotopic (exact) mass is 299 g/mol. The number of ketones is 1. The fraction of sp³-hybridized carbons (Fsp3) is 0.944. The number of carbonyl (C=O) groups excluding carboxylic acids is 1. The van der Waals surface area contributed by atoms with Crippen LogP contribution in [0.1, 0.15) is 103 Å². The summed E-state index contributed by atoms with van der Waals surface area (Å²) in [5.41, 5.74) is 5.17. The topological polar surface area (TPSA) is 63.3 Å². The molecule has 0 aliphatic carbocycles. The highest BCUT2D eigenvalue weighted by atomic mass is 16.3. The van der Waals surface area contributed by atoms with Gasteiger partial charge in [-0.25, -0.2) is 0 Å². The first kappa shape index (κ1) is 20.6. The van der Waals surface area contributed by atoms with Gasteiger partial charge >= 0.3 is 0 Å². The van der Waals surface area contributed by atoms with Gasteiger partial charge in [-0.05, 0) is 6.42 Å². The Bertz CT molecular complexity index is 229. The number of nitrogens with two attached hydrogens (primary N) is 1. The van der Waals surface area contributed by atoms with Gasteiger partial charge in [-0.3, -0.25) is 4.79 Å². The van der Waals surface area contributed by atoms with E-state index in [2.05, 4.69) is 6.92 Å². The summed E-state index contributed by atoms with van der Waals surface area (Å²) in [6.45, 7) is 2.26. The van der Waals surface area contributed by atoms with E-state index in [4.69, 9.17) is 10.8 Å². The molecule has 0 spiro atoms. The third kappa shape index (κ3) is 17.5. The molecule has 3 N–H and O–H groups in total. The Morgan fingerprint density at radius 2 is 1.19 bits per heavy atom. The van der Waals surface area contributed by atoms with Crippen molar-refractivity contribution in [3.63, 3.8) is 0 Å². The van der Waals surface area contributed by atoms with Gasteiger partial charge < -0.3 is 10.8 Å². The highest BCUT2D eigenvalue weighted by Gasteiger charge is 2.05. The van der Waals surface area contributed by atoms with Crippen molar-refractivity contribution in [1.29, 1.82) is 0 Å². The van der Waals surface area contributed by atoms with Crippen LogP contribution in [-0.4, -0.2) is 17.1 Å². The van der Waals surface area contributed by atoms with Gasteiger partial charge in [0.15, 0.2) is 0 Å². The Labute approximate surface area is 131 Å². The molecule has 0 aliphatic rings. The van der Waals surface area contributed by atoms with Gasteiger partial charge in [0.05, 0.1) is 0 Å². The number of aliphatic hydroxyl groups excluding tert-OH is 1. The minimum Gasteiger partial charge on any atom is -0.378 e. The minimum absolute atomic E-state index is 0.0908. The van der Waals surface area contributed by atoms with E-state index >= 15 is 0 Å². The maximum absolute atomic E-state index is 11.3. The van der Waals surface area contributed by atoms with Crippen LogP contribution < -0.4 is 5.73 Å². The molecule has 0 bridgehead atoms. The number of hydrogen-bond donors (Lipinski definition) is 2. The second kappa shape index (κ2) is 16.0. The van der Waals surface area contributed by atoms with Gasteiger partial charge in [-0.2, -0.15) is 0 Å². The molecule has 1 unspecified atom stereocenters. The molecule has 126 valence electrons. The van der Waals surface area contributed by atoms with Gasteiger partial charge in [-0.1, -0.05) is 84.0 Å². The fourth-order valence-electron chi connectivity index (χ4n) is 2.68. The summed E-state index contributed by atoms with van der Waals surface area (Å²) >= 11 is 0. The molecule has 0 amide bonds. The van der Waals surface area contributed by atoms with E-state index in [-0.39, 0.29) is 12.2 Å². The molecule has 0 fully saturated rings. The van der Waals surface area contributed by atoms with Crippen molar-refractivity contribution in [1.82, 2.24) is 0 Å². The predicted molar refractivity (Wildman–Crippen MR) is 90.1 cm³/mol. The number of carbonyl (C=O) groups is 1. The lowest BCUT2D eigenvalue weighted by atomic mass is 10.0. The molecule has 3 heteroatoms. The molecule has 0 radical (unpaired) electrons. The third-order valence-corrected chi connectivity index (χ3v) is 4.00. The summed E-state index contributed by atoms with van der Waals surface area (Å²) in [5, 5.41) is 8.88. The molecule has 0 saturated heterocycles.